The number of nitrogens with two attached hydrogens (primary N) is 1. The Balaban J connectivity index is 1.67. The average Bonchev–Trinajstić information content (AvgIpc) is 2.80. The van der Waals surface area contributed by atoms with Crippen LogP contribution in [-0.2, 0) is 4.79 Å². The fourth-order valence-corrected chi connectivity index (χ4v) is 2.30. The number of carbonyl (C=O) groups excluding carboxylic acids is 1. The lowest BCUT2D eigenvalue weighted by Gasteiger charge is -2.11. The van der Waals surface area contributed by atoms with Gasteiger partial charge in [-0.05, 0) is 37.3 Å². The fraction of sp³-hybridized carbons (Fsp3) is 0.500. The van der Waals surface area contributed by atoms with Gasteiger partial charge >= 0.3 is 0 Å². The van der Waals surface area contributed by atoms with E-state index in [0.717, 1.165) is 19.3 Å². The SMILES string of the molecule is Nc1cccc(OCC(=O)NCC2CCC(O)C2)c1. The van der Waals surface area contributed by atoms with Gasteiger partial charge in [0.25, 0.3) is 5.91 Å². The zero-order valence-electron chi connectivity index (χ0n) is 10.8. The summed E-state index contributed by atoms with van der Waals surface area (Å²) < 4.78 is 5.34. The van der Waals surface area contributed by atoms with Crippen LogP contribution >= 0.6 is 0 Å². The Kier molecular flexibility index (Phi) is 4.63. The molecule has 2 unspecified atom stereocenters. The maximum absolute atomic E-state index is 11.6. The third kappa shape index (κ3) is 4.44. The highest BCUT2D eigenvalue weighted by molar-refractivity contribution is 5.77. The summed E-state index contributed by atoms with van der Waals surface area (Å²) in [5, 5.41) is 12.2. The fourth-order valence-electron chi connectivity index (χ4n) is 2.30. The Morgan fingerprint density at radius 2 is 2.32 bits per heavy atom. The van der Waals surface area contributed by atoms with E-state index in [2.05, 4.69) is 5.32 Å². The van der Waals surface area contributed by atoms with E-state index in [1.54, 1.807) is 24.3 Å². The molecular formula is C14H20N2O3. The Bertz CT molecular complexity index is 436. The van der Waals surface area contributed by atoms with Crippen LogP contribution in [0.4, 0.5) is 5.69 Å². The summed E-state index contributed by atoms with van der Waals surface area (Å²) in [7, 11) is 0. The number of hydrogen-bond acceptors (Lipinski definition) is 4. The van der Waals surface area contributed by atoms with Gasteiger partial charge in [-0.3, -0.25) is 4.79 Å². The van der Waals surface area contributed by atoms with Crippen LogP contribution in [-0.4, -0.2) is 30.3 Å². The summed E-state index contributed by atoms with van der Waals surface area (Å²) in [5.41, 5.74) is 6.22. The van der Waals surface area contributed by atoms with Crippen molar-refractivity contribution in [1.29, 1.82) is 0 Å². The van der Waals surface area contributed by atoms with E-state index in [1.165, 1.54) is 0 Å². The van der Waals surface area contributed by atoms with Gasteiger partial charge in [0.2, 0.25) is 0 Å². The molecule has 4 N–H and O–H groups in total. The molecule has 19 heavy (non-hydrogen) atoms. The number of benzene rings is 1. The molecule has 0 spiro atoms. The lowest BCUT2D eigenvalue weighted by molar-refractivity contribution is -0.123. The van der Waals surface area contributed by atoms with E-state index in [-0.39, 0.29) is 18.6 Å². The monoisotopic (exact) mass is 264 g/mol. The molecule has 1 amide bonds. The van der Waals surface area contributed by atoms with Crippen molar-refractivity contribution in [3.8, 4) is 5.75 Å². The lowest BCUT2D eigenvalue weighted by Crippen LogP contribution is -2.32. The molecule has 2 atom stereocenters. The predicted molar refractivity (Wildman–Crippen MR) is 72.7 cm³/mol. The van der Waals surface area contributed by atoms with Crippen LogP contribution in [0.2, 0.25) is 0 Å². The molecule has 0 bridgehead atoms. The second-order valence-corrected chi connectivity index (χ2v) is 5.00. The quantitative estimate of drug-likeness (QED) is 0.691. The number of carbonyl (C=O) groups is 1. The van der Waals surface area contributed by atoms with Gasteiger partial charge < -0.3 is 20.9 Å². The normalized spacial score (nSPS) is 22.2. The molecule has 0 aliphatic heterocycles. The van der Waals surface area contributed by atoms with Crippen molar-refractivity contribution in [3.05, 3.63) is 24.3 Å². The standard InChI is InChI=1S/C14H20N2O3/c15-11-2-1-3-13(7-11)19-9-14(18)16-8-10-4-5-12(17)6-10/h1-3,7,10,12,17H,4-6,8-9,15H2,(H,16,18). The number of aliphatic hydroxyl groups is 1. The number of aliphatic hydroxyl groups excluding tert-OH is 1. The Labute approximate surface area is 112 Å². The summed E-state index contributed by atoms with van der Waals surface area (Å²) in [6.45, 7) is 0.592. The van der Waals surface area contributed by atoms with Gasteiger partial charge in [-0.1, -0.05) is 6.07 Å². The minimum absolute atomic E-state index is 0.0152. The number of amides is 1. The molecule has 2 rings (SSSR count). The second kappa shape index (κ2) is 6.43. The Morgan fingerprint density at radius 3 is 3.00 bits per heavy atom. The maximum Gasteiger partial charge on any atom is 0.257 e. The first-order valence-electron chi connectivity index (χ1n) is 6.56. The molecule has 104 valence electrons. The third-order valence-corrected chi connectivity index (χ3v) is 3.33. The van der Waals surface area contributed by atoms with Crippen LogP contribution in [0.3, 0.4) is 0 Å². The van der Waals surface area contributed by atoms with Crippen LogP contribution in [0.5, 0.6) is 5.75 Å². The van der Waals surface area contributed by atoms with E-state index >= 15 is 0 Å². The second-order valence-electron chi connectivity index (χ2n) is 5.00. The molecule has 1 aliphatic rings. The van der Waals surface area contributed by atoms with Gasteiger partial charge in [0.05, 0.1) is 6.10 Å². The highest BCUT2D eigenvalue weighted by Crippen LogP contribution is 2.24. The van der Waals surface area contributed by atoms with Gasteiger partial charge in [-0.15, -0.1) is 0 Å². The van der Waals surface area contributed by atoms with Crippen molar-refractivity contribution < 1.29 is 14.6 Å². The molecule has 1 saturated carbocycles. The lowest BCUT2D eigenvalue weighted by atomic mass is 10.1. The molecule has 1 aromatic rings. The van der Waals surface area contributed by atoms with Crippen LogP contribution in [0.15, 0.2) is 24.3 Å². The van der Waals surface area contributed by atoms with Crippen molar-refractivity contribution in [2.24, 2.45) is 5.92 Å². The first-order valence-corrected chi connectivity index (χ1v) is 6.56. The van der Waals surface area contributed by atoms with Crippen LogP contribution in [0.1, 0.15) is 19.3 Å². The van der Waals surface area contributed by atoms with Gasteiger partial charge in [-0.2, -0.15) is 0 Å². The minimum Gasteiger partial charge on any atom is -0.484 e. The van der Waals surface area contributed by atoms with Crippen LogP contribution in [0.25, 0.3) is 0 Å². The maximum atomic E-state index is 11.6. The molecule has 0 saturated heterocycles. The van der Waals surface area contributed by atoms with E-state index in [9.17, 15) is 9.90 Å². The van der Waals surface area contributed by atoms with Crippen molar-refractivity contribution in [3.63, 3.8) is 0 Å². The van der Waals surface area contributed by atoms with Crippen molar-refractivity contribution in [1.82, 2.24) is 5.32 Å². The third-order valence-electron chi connectivity index (χ3n) is 3.33. The molecule has 5 nitrogen and oxygen atoms in total. The van der Waals surface area contributed by atoms with E-state index in [0.29, 0.717) is 23.9 Å². The van der Waals surface area contributed by atoms with Gasteiger partial charge in [0.1, 0.15) is 5.75 Å². The molecule has 1 aromatic carbocycles. The predicted octanol–water partition coefficient (Wildman–Crippen LogP) is 0.925. The van der Waals surface area contributed by atoms with Gasteiger partial charge in [0.15, 0.2) is 6.61 Å². The molecule has 1 aliphatic carbocycles. The van der Waals surface area contributed by atoms with E-state index < -0.39 is 0 Å². The van der Waals surface area contributed by atoms with Crippen molar-refractivity contribution in [2.75, 3.05) is 18.9 Å². The average molecular weight is 264 g/mol. The summed E-state index contributed by atoms with van der Waals surface area (Å²) in [6.07, 6.45) is 2.37. The summed E-state index contributed by atoms with van der Waals surface area (Å²) in [5.74, 6) is 0.821. The highest BCUT2D eigenvalue weighted by Gasteiger charge is 2.22. The number of ether oxygens (including phenoxy) is 1. The molecule has 0 radical (unpaired) electrons. The molecule has 5 heteroatoms. The van der Waals surface area contributed by atoms with Gasteiger partial charge in [-0.25, -0.2) is 0 Å². The number of hydrogen-bond donors (Lipinski definition) is 3. The zero-order valence-corrected chi connectivity index (χ0v) is 10.8. The topological polar surface area (TPSA) is 84.6 Å². The number of nitrogens with one attached hydrogen (secondary N) is 1. The molecule has 1 fully saturated rings. The van der Waals surface area contributed by atoms with Crippen LogP contribution < -0.4 is 15.8 Å². The summed E-state index contributed by atoms with van der Waals surface area (Å²) in [6, 6.07) is 6.98. The highest BCUT2D eigenvalue weighted by atomic mass is 16.5. The number of nitrogen functional groups attached to an aromatic ring is 1. The van der Waals surface area contributed by atoms with Crippen molar-refractivity contribution >= 4 is 11.6 Å². The first-order chi connectivity index (χ1) is 9.13. The van der Waals surface area contributed by atoms with Crippen LogP contribution in [0, 0.1) is 5.92 Å². The van der Waals surface area contributed by atoms with E-state index in [1.807, 2.05) is 0 Å². The number of rotatable bonds is 5. The molecule has 0 aromatic heterocycles. The van der Waals surface area contributed by atoms with Crippen molar-refractivity contribution in [2.45, 2.75) is 25.4 Å². The largest absolute Gasteiger partial charge is 0.484 e. The summed E-state index contributed by atoms with van der Waals surface area (Å²) in [4.78, 5) is 11.6. The molecule has 0 heterocycles. The number of anilines is 1. The minimum atomic E-state index is -0.203. The Hall–Kier alpha value is -1.75. The van der Waals surface area contributed by atoms with Gasteiger partial charge in [0, 0.05) is 18.3 Å². The smallest absolute Gasteiger partial charge is 0.257 e. The zero-order chi connectivity index (χ0) is 13.7. The molecular weight excluding hydrogens is 244 g/mol. The first kappa shape index (κ1) is 13.7. The summed E-state index contributed by atoms with van der Waals surface area (Å²) >= 11 is 0. The van der Waals surface area contributed by atoms with E-state index in [4.69, 9.17) is 10.5 Å². The Morgan fingerprint density at radius 1 is 1.47 bits per heavy atom.